The van der Waals surface area contributed by atoms with Crippen molar-refractivity contribution in [1.82, 2.24) is 20.3 Å². The second kappa shape index (κ2) is 11.7. The molecule has 0 saturated heterocycles. The molecule has 1 N–H and O–H groups in total. The first-order valence-electron chi connectivity index (χ1n) is 8.42. The van der Waals surface area contributed by atoms with E-state index in [4.69, 9.17) is 4.74 Å². The van der Waals surface area contributed by atoms with Gasteiger partial charge in [0, 0.05) is 25.4 Å². The minimum absolute atomic E-state index is 0.468. The highest BCUT2D eigenvalue weighted by Gasteiger charge is 2.01. The lowest BCUT2D eigenvalue weighted by Crippen LogP contribution is -2.21. The van der Waals surface area contributed by atoms with Crippen LogP contribution in [0.25, 0.3) is 0 Å². The van der Waals surface area contributed by atoms with Crippen LogP contribution >= 0.6 is 0 Å². The predicted molar refractivity (Wildman–Crippen MR) is 86.2 cm³/mol. The summed E-state index contributed by atoms with van der Waals surface area (Å²) in [7, 11) is 0. The van der Waals surface area contributed by atoms with Crippen LogP contribution in [0.4, 0.5) is 0 Å². The third-order valence-electron chi connectivity index (χ3n) is 3.38. The van der Waals surface area contributed by atoms with Gasteiger partial charge < -0.3 is 10.1 Å². The number of unbranched alkanes of at least 4 members (excludes halogenated alkanes) is 5. The topological polar surface area (TPSA) is 52.0 Å². The molecular weight excluding hydrogens is 264 g/mol. The number of hydrogen-bond acceptors (Lipinski definition) is 4. The maximum Gasteiger partial charge on any atom is 0.0964 e. The maximum atomic E-state index is 5.65. The molecule has 0 aliphatic rings. The van der Waals surface area contributed by atoms with Crippen LogP contribution < -0.4 is 5.32 Å². The molecule has 0 bridgehead atoms. The zero-order valence-electron chi connectivity index (χ0n) is 14.0. The van der Waals surface area contributed by atoms with Gasteiger partial charge in [-0.05, 0) is 6.42 Å². The lowest BCUT2D eigenvalue weighted by Gasteiger charge is -2.05. The van der Waals surface area contributed by atoms with E-state index in [1.165, 1.54) is 38.5 Å². The minimum atomic E-state index is 0.468. The third-order valence-corrected chi connectivity index (χ3v) is 3.38. The predicted octanol–water partition coefficient (Wildman–Crippen LogP) is 3.15. The lowest BCUT2D eigenvalue weighted by molar-refractivity contribution is 0.119. The van der Waals surface area contributed by atoms with Gasteiger partial charge in [0.05, 0.1) is 18.8 Å². The fourth-order valence-electron chi connectivity index (χ4n) is 2.08. The Bertz CT molecular complexity index is 352. The summed E-state index contributed by atoms with van der Waals surface area (Å²) in [6.45, 7) is 9.64. The fourth-order valence-corrected chi connectivity index (χ4v) is 2.08. The first-order chi connectivity index (χ1) is 10.2. The van der Waals surface area contributed by atoms with Gasteiger partial charge in [0.2, 0.25) is 0 Å². The number of aromatic nitrogens is 3. The van der Waals surface area contributed by atoms with Crippen LogP contribution in [0.15, 0.2) is 6.20 Å². The molecule has 0 saturated carbocycles. The summed E-state index contributed by atoms with van der Waals surface area (Å²) in [6, 6.07) is 0.468. The SMILES string of the molecule is CCCCCCCCOCCn1cc(CNC(C)C)nn1. The lowest BCUT2D eigenvalue weighted by atomic mass is 10.1. The molecule has 1 heterocycles. The van der Waals surface area contributed by atoms with Gasteiger partial charge in [0.25, 0.3) is 0 Å². The van der Waals surface area contributed by atoms with Crippen molar-refractivity contribution in [2.45, 2.75) is 78.4 Å². The Hall–Kier alpha value is -0.940. The zero-order valence-corrected chi connectivity index (χ0v) is 14.0. The van der Waals surface area contributed by atoms with Gasteiger partial charge in [0.1, 0.15) is 0 Å². The fraction of sp³-hybridized carbons (Fsp3) is 0.875. The number of nitrogens with zero attached hydrogens (tertiary/aromatic N) is 3. The van der Waals surface area contributed by atoms with Gasteiger partial charge in [-0.2, -0.15) is 0 Å². The van der Waals surface area contributed by atoms with Crippen molar-refractivity contribution in [1.29, 1.82) is 0 Å². The summed E-state index contributed by atoms with van der Waals surface area (Å²) in [6.07, 6.45) is 9.82. The van der Waals surface area contributed by atoms with Crippen LogP contribution in [0.5, 0.6) is 0 Å². The van der Waals surface area contributed by atoms with Crippen molar-refractivity contribution < 1.29 is 4.74 Å². The summed E-state index contributed by atoms with van der Waals surface area (Å²) in [4.78, 5) is 0. The Morgan fingerprint density at radius 2 is 1.90 bits per heavy atom. The summed E-state index contributed by atoms with van der Waals surface area (Å²) < 4.78 is 7.51. The second-order valence-corrected chi connectivity index (χ2v) is 5.89. The monoisotopic (exact) mass is 296 g/mol. The van der Waals surface area contributed by atoms with E-state index >= 15 is 0 Å². The van der Waals surface area contributed by atoms with Crippen LogP contribution in [0.2, 0.25) is 0 Å². The Balaban J connectivity index is 1.97. The molecule has 5 heteroatoms. The molecule has 1 rings (SSSR count). The standard InChI is InChI=1S/C16H32N4O/c1-4-5-6-7-8-9-11-21-12-10-20-14-16(18-19-20)13-17-15(2)3/h14-15,17H,4-13H2,1-3H3. The third kappa shape index (κ3) is 9.58. The van der Waals surface area contributed by atoms with Crippen LogP contribution in [0.3, 0.4) is 0 Å². The first-order valence-corrected chi connectivity index (χ1v) is 8.42. The molecule has 0 radical (unpaired) electrons. The quantitative estimate of drug-likeness (QED) is 0.568. The Morgan fingerprint density at radius 1 is 1.14 bits per heavy atom. The highest BCUT2D eigenvalue weighted by Crippen LogP contribution is 2.04. The van der Waals surface area contributed by atoms with Crippen LogP contribution in [-0.4, -0.2) is 34.2 Å². The van der Waals surface area contributed by atoms with Gasteiger partial charge in [-0.3, -0.25) is 0 Å². The van der Waals surface area contributed by atoms with Crippen molar-refractivity contribution in [2.75, 3.05) is 13.2 Å². The second-order valence-electron chi connectivity index (χ2n) is 5.89. The highest BCUT2D eigenvalue weighted by molar-refractivity contribution is 4.91. The van der Waals surface area contributed by atoms with Gasteiger partial charge in [-0.1, -0.05) is 58.1 Å². The van der Waals surface area contributed by atoms with Crippen molar-refractivity contribution in [2.24, 2.45) is 0 Å². The Kier molecular flexibility index (Phi) is 10.1. The maximum absolute atomic E-state index is 5.65. The largest absolute Gasteiger partial charge is 0.380 e. The van der Waals surface area contributed by atoms with E-state index in [-0.39, 0.29) is 0 Å². The summed E-state index contributed by atoms with van der Waals surface area (Å²) in [5.41, 5.74) is 0.986. The molecule has 1 aromatic rings. The van der Waals surface area contributed by atoms with Crippen LogP contribution in [-0.2, 0) is 17.8 Å². The molecule has 21 heavy (non-hydrogen) atoms. The molecule has 0 aromatic carbocycles. The highest BCUT2D eigenvalue weighted by atomic mass is 16.5. The van der Waals surface area contributed by atoms with Gasteiger partial charge in [-0.15, -0.1) is 5.10 Å². The molecule has 0 fully saturated rings. The minimum Gasteiger partial charge on any atom is -0.380 e. The van der Waals surface area contributed by atoms with Crippen molar-refractivity contribution in [3.8, 4) is 0 Å². The van der Waals surface area contributed by atoms with Gasteiger partial charge in [0.15, 0.2) is 0 Å². The number of rotatable bonds is 13. The van der Waals surface area contributed by atoms with E-state index in [9.17, 15) is 0 Å². The molecule has 0 aliphatic carbocycles. The molecule has 0 aliphatic heterocycles. The number of ether oxygens (including phenoxy) is 1. The smallest absolute Gasteiger partial charge is 0.0964 e. The van der Waals surface area contributed by atoms with Gasteiger partial charge in [-0.25, -0.2) is 4.68 Å². The molecular formula is C16H32N4O. The van der Waals surface area contributed by atoms with E-state index in [1.54, 1.807) is 0 Å². The van der Waals surface area contributed by atoms with E-state index in [0.29, 0.717) is 6.04 Å². The molecule has 0 amide bonds. The molecule has 0 atom stereocenters. The van der Waals surface area contributed by atoms with E-state index in [2.05, 4.69) is 36.4 Å². The van der Waals surface area contributed by atoms with Crippen molar-refractivity contribution >= 4 is 0 Å². The molecule has 5 nitrogen and oxygen atoms in total. The molecule has 1 aromatic heterocycles. The van der Waals surface area contributed by atoms with E-state index in [1.807, 2.05) is 10.9 Å². The first kappa shape index (κ1) is 18.1. The number of nitrogens with one attached hydrogen (secondary N) is 1. The summed E-state index contributed by atoms with van der Waals surface area (Å²) in [5.74, 6) is 0. The number of hydrogen-bond donors (Lipinski definition) is 1. The Morgan fingerprint density at radius 3 is 2.67 bits per heavy atom. The van der Waals surface area contributed by atoms with Crippen molar-refractivity contribution in [3.63, 3.8) is 0 Å². The van der Waals surface area contributed by atoms with Gasteiger partial charge >= 0.3 is 0 Å². The Labute approximate surface area is 129 Å². The van der Waals surface area contributed by atoms with E-state index < -0.39 is 0 Å². The molecule has 122 valence electrons. The van der Waals surface area contributed by atoms with Crippen LogP contribution in [0.1, 0.15) is 65.0 Å². The molecule has 0 unspecified atom stereocenters. The molecule has 0 spiro atoms. The average molecular weight is 296 g/mol. The van der Waals surface area contributed by atoms with Crippen LogP contribution in [0, 0.1) is 0 Å². The normalized spacial score (nSPS) is 11.4. The summed E-state index contributed by atoms with van der Waals surface area (Å²) >= 11 is 0. The average Bonchev–Trinajstić information content (AvgIpc) is 2.91. The van der Waals surface area contributed by atoms with Crippen molar-refractivity contribution in [3.05, 3.63) is 11.9 Å². The zero-order chi connectivity index (χ0) is 15.3. The summed E-state index contributed by atoms with van der Waals surface area (Å²) in [5, 5.41) is 11.6. The van der Waals surface area contributed by atoms with E-state index in [0.717, 1.165) is 32.0 Å².